The van der Waals surface area contributed by atoms with E-state index in [4.69, 9.17) is 5.73 Å². The monoisotopic (exact) mass is 224 g/mol. The van der Waals surface area contributed by atoms with Gasteiger partial charge in [0.15, 0.2) is 0 Å². The highest BCUT2D eigenvalue weighted by Gasteiger charge is 2.30. The molecule has 0 heterocycles. The summed E-state index contributed by atoms with van der Waals surface area (Å²) in [4.78, 5) is 11.0. The number of primary amides is 1. The van der Waals surface area contributed by atoms with Gasteiger partial charge >= 0.3 is 0 Å². The molecule has 0 fully saturated rings. The molecular formula is C12H17FN2O. The largest absolute Gasteiger partial charge is 0.370 e. The molecule has 0 aromatic heterocycles. The lowest BCUT2D eigenvalue weighted by Gasteiger charge is -2.30. The minimum Gasteiger partial charge on any atom is -0.370 e. The molecule has 3 N–H and O–H groups in total. The van der Waals surface area contributed by atoms with Gasteiger partial charge in [-0.25, -0.2) is 4.39 Å². The lowest BCUT2D eigenvalue weighted by Crippen LogP contribution is -2.43. The van der Waals surface area contributed by atoms with Crippen molar-refractivity contribution in [3.63, 3.8) is 0 Å². The topological polar surface area (TPSA) is 55.1 Å². The Balaban J connectivity index is 3.10. The van der Waals surface area contributed by atoms with Crippen LogP contribution in [0.15, 0.2) is 24.3 Å². The first-order valence-corrected chi connectivity index (χ1v) is 5.28. The summed E-state index contributed by atoms with van der Waals surface area (Å²) in [5.74, 6) is -0.779. The van der Waals surface area contributed by atoms with Crippen LogP contribution >= 0.6 is 0 Å². The van der Waals surface area contributed by atoms with Gasteiger partial charge in [0.2, 0.25) is 5.91 Å². The number of nitrogens with one attached hydrogen (secondary N) is 1. The van der Waals surface area contributed by atoms with Crippen LogP contribution in [0.25, 0.3) is 0 Å². The molecular weight excluding hydrogens is 207 g/mol. The molecule has 16 heavy (non-hydrogen) atoms. The summed E-state index contributed by atoms with van der Waals surface area (Å²) in [5.41, 5.74) is 4.92. The van der Waals surface area contributed by atoms with Gasteiger partial charge in [-0.3, -0.25) is 4.79 Å². The molecule has 0 aliphatic heterocycles. The van der Waals surface area contributed by atoms with E-state index in [-0.39, 0.29) is 12.2 Å². The molecule has 0 bridgehead atoms. The van der Waals surface area contributed by atoms with Crippen LogP contribution < -0.4 is 11.1 Å². The molecule has 0 aliphatic carbocycles. The maximum Gasteiger partial charge on any atom is 0.219 e. The lowest BCUT2D eigenvalue weighted by atomic mass is 9.88. The lowest BCUT2D eigenvalue weighted by molar-refractivity contribution is -0.119. The first-order valence-electron chi connectivity index (χ1n) is 5.28. The highest BCUT2D eigenvalue weighted by Crippen LogP contribution is 2.26. The highest BCUT2D eigenvalue weighted by molar-refractivity contribution is 5.75. The zero-order valence-electron chi connectivity index (χ0n) is 9.59. The van der Waals surface area contributed by atoms with Crippen molar-refractivity contribution in [2.75, 3.05) is 6.54 Å². The Morgan fingerprint density at radius 2 is 2.12 bits per heavy atom. The summed E-state index contributed by atoms with van der Waals surface area (Å²) in [6, 6.07) is 6.41. The van der Waals surface area contributed by atoms with Gasteiger partial charge in [0.1, 0.15) is 5.82 Å². The number of rotatable bonds is 5. The van der Waals surface area contributed by atoms with Crippen molar-refractivity contribution >= 4 is 5.91 Å². The summed E-state index contributed by atoms with van der Waals surface area (Å²) >= 11 is 0. The van der Waals surface area contributed by atoms with Gasteiger partial charge in [-0.1, -0.05) is 25.1 Å². The second-order valence-corrected chi connectivity index (χ2v) is 3.99. The number of amides is 1. The molecule has 1 amide bonds. The van der Waals surface area contributed by atoms with Gasteiger partial charge in [-0.05, 0) is 19.5 Å². The number of benzene rings is 1. The van der Waals surface area contributed by atoms with Crippen molar-refractivity contribution in [3.8, 4) is 0 Å². The Kier molecular flexibility index (Phi) is 4.01. The summed E-state index contributed by atoms with van der Waals surface area (Å²) in [7, 11) is 0. The van der Waals surface area contributed by atoms with Crippen LogP contribution in [0.4, 0.5) is 4.39 Å². The second-order valence-electron chi connectivity index (χ2n) is 3.99. The molecule has 0 spiro atoms. The third kappa shape index (κ3) is 2.79. The van der Waals surface area contributed by atoms with Crippen LogP contribution in [0.3, 0.4) is 0 Å². The number of hydrogen-bond donors (Lipinski definition) is 2. The summed E-state index contributed by atoms with van der Waals surface area (Å²) in [6.45, 7) is 4.32. The van der Waals surface area contributed by atoms with Gasteiger partial charge in [0.25, 0.3) is 0 Å². The Hall–Kier alpha value is -1.42. The van der Waals surface area contributed by atoms with Crippen LogP contribution in [0.2, 0.25) is 0 Å². The van der Waals surface area contributed by atoms with Crippen molar-refractivity contribution in [2.24, 2.45) is 5.73 Å². The number of hydrogen-bond acceptors (Lipinski definition) is 2. The molecule has 0 saturated heterocycles. The number of halogens is 1. The van der Waals surface area contributed by atoms with Crippen LogP contribution in [-0.2, 0) is 10.3 Å². The fraction of sp³-hybridized carbons (Fsp3) is 0.417. The van der Waals surface area contributed by atoms with E-state index in [1.807, 2.05) is 6.92 Å². The zero-order chi connectivity index (χ0) is 12.2. The van der Waals surface area contributed by atoms with Crippen molar-refractivity contribution in [1.82, 2.24) is 5.32 Å². The average Bonchev–Trinajstić information content (AvgIpc) is 2.17. The molecule has 1 aromatic rings. The number of nitrogens with two attached hydrogens (primary N) is 1. The van der Waals surface area contributed by atoms with E-state index in [1.165, 1.54) is 6.07 Å². The van der Waals surface area contributed by atoms with Crippen LogP contribution in [-0.4, -0.2) is 12.5 Å². The fourth-order valence-corrected chi connectivity index (χ4v) is 1.90. The van der Waals surface area contributed by atoms with Gasteiger partial charge in [0, 0.05) is 12.0 Å². The SMILES string of the molecule is CCNC(C)(CC(N)=O)c1ccccc1F. The Labute approximate surface area is 94.8 Å². The normalized spacial score (nSPS) is 14.4. The molecule has 1 unspecified atom stereocenters. The van der Waals surface area contributed by atoms with E-state index in [0.717, 1.165) is 0 Å². The maximum absolute atomic E-state index is 13.7. The summed E-state index contributed by atoms with van der Waals surface area (Å²) in [5, 5.41) is 3.11. The van der Waals surface area contributed by atoms with E-state index in [0.29, 0.717) is 12.1 Å². The molecule has 1 atom stereocenters. The molecule has 3 nitrogen and oxygen atoms in total. The molecule has 1 aromatic carbocycles. The molecule has 4 heteroatoms. The Morgan fingerprint density at radius 1 is 1.50 bits per heavy atom. The number of carbonyl (C=O) groups excluding carboxylic acids is 1. The van der Waals surface area contributed by atoms with Crippen LogP contribution in [0.5, 0.6) is 0 Å². The molecule has 1 rings (SSSR count). The van der Waals surface area contributed by atoms with E-state index < -0.39 is 11.4 Å². The maximum atomic E-state index is 13.7. The quantitative estimate of drug-likeness (QED) is 0.796. The van der Waals surface area contributed by atoms with Crippen molar-refractivity contribution < 1.29 is 9.18 Å². The third-order valence-corrected chi connectivity index (χ3v) is 2.56. The average molecular weight is 224 g/mol. The Morgan fingerprint density at radius 3 is 2.62 bits per heavy atom. The van der Waals surface area contributed by atoms with E-state index >= 15 is 0 Å². The van der Waals surface area contributed by atoms with E-state index in [1.54, 1.807) is 25.1 Å². The predicted molar refractivity (Wildman–Crippen MR) is 61.2 cm³/mol. The third-order valence-electron chi connectivity index (χ3n) is 2.56. The second kappa shape index (κ2) is 5.07. The zero-order valence-corrected chi connectivity index (χ0v) is 9.59. The standard InChI is InChI=1S/C12H17FN2O/c1-3-15-12(2,8-11(14)16)9-6-4-5-7-10(9)13/h4-7,15H,3,8H2,1-2H3,(H2,14,16). The summed E-state index contributed by atoms with van der Waals surface area (Å²) < 4.78 is 13.7. The molecule has 88 valence electrons. The van der Waals surface area contributed by atoms with Gasteiger partial charge < -0.3 is 11.1 Å². The van der Waals surface area contributed by atoms with Gasteiger partial charge in [0.05, 0.1) is 5.54 Å². The van der Waals surface area contributed by atoms with Crippen molar-refractivity contribution in [2.45, 2.75) is 25.8 Å². The van der Waals surface area contributed by atoms with E-state index in [2.05, 4.69) is 5.32 Å². The number of carbonyl (C=O) groups is 1. The van der Waals surface area contributed by atoms with Crippen molar-refractivity contribution in [1.29, 1.82) is 0 Å². The Bertz CT molecular complexity index is 381. The fourth-order valence-electron chi connectivity index (χ4n) is 1.90. The first-order chi connectivity index (χ1) is 7.49. The molecule has 0 aliphatic rings. The minimum absolute atomic E-state index is 0.0712. The van der Waals surface area contributed by atoms with E-state index in [9.17, 15) is 9.18 Å². The van der Waals surface area contributed by atoms with Crippen LogP contribution in [0, 0.1) is 5.82 Å². The molecule has 0 saturated carbocycles. The smallest absolute Gasteiger partial charge is 0.219 e. The minimum atomic E-state index is -0.744. The summed E-state index contributed by atoms with van der Waals surface area (Å²) in [6.07, 6.45) is 0.0712. The van der Waals surface area contributed by atoms with Gasteiger partial charge in [-0.15, -0.1) is 0 Å². The first kappa shape index (κ1) is 12.6. The highest BCUT2D eigenvalue weighted by atomic mass is 19.1. The van der Waals surface area contributed by atoms with Gasteiger partial charge in [-0.2, -0.15) is 0 Å². The molecule has 0 radical (unpaired) electrons. The predicted octanol–water partition coefficient (Wildman–Crippen LogP) is 1.53. The van der Waals surface area contributed by atoms with Crippen LogP contribution in [0.1, 0.15) is 25.8 Å². The van der Waals surface area contributed by atoms with Crippen molar-refractivity contribution in [3.05, 3.63) is 35.6 Å².